The molecule has 2 aromatic carbocycles. The number of hydrogen-bond donors (Lipinski definition) is 3. The van der Waals surface area contributed by atoms with Gasteiger partial charge in [0, 0.05) is 82.2 Å². The fourth-order valence-electron chi connectivity index (χ4n) is 9.41. The number of ether oxygens (including phenoxy) is 1. The Morgan fingerprint density at radius 1 is 1.02 bits per heavy atom. The summed E-state index contributed by atoms with van der Waals surface area (Å²) in [6.45, 7) is 2.52. The molecule has 3 aromatic heterocycles. The van der Waals surface area contributed by atoms with Gasteiger partial charge in [-0.1, -0.05) is 17.7 Å². The van der Waals surface area contributed by atoms with Gasteiger partial charge >= 0.3 is 5.92 Å². The largest absolute Gasteiger partial charge is 0.480 e. The Bertz CT molecular complexity index is 2790. The maximum atomic E-state index is 16.1. The zero-order valence-corrected chi connectivity index (χ0v) is 35.2. The summed E-state index contributed by atoms with van der Waals surface area (Å²) in [5.41, 5.74) is 2.41. The van der Waals surface area contributed by atoms with Crippen LogP contribution >= 0.6 is 11.6 Å². The molecule has 1 aliphatic carbocycles. The number of imide groups is 1. The third kappa shape index (κ3) is 7.47. The molecule has 3 N–H and O–H groups in total. The van der Waals surface area contributed by atoms with E-state index in [1.54, 1.807) is 55.4 Å². The number of rotatable bonds is 8. The maximum absolute atomic E-state index is 16.1. The Balaban J connectivity index is 0.785. The average molecular weight is 890 g/mol. The van der Waals surface area contributed by atoms with Crippen LogP contribution in [0.5, 0.6) is 5.75 Å². The van der Waals surface area contributed by atoms with Crippen LogP contribution < -0.4 is 36.0 Å². The SMILES string of the molecule is Cn1nc(C2CCC(=O)NC2=O)c2ccc(N3CCN(C[C@H]4CCN(c5ncc(Cl)c(Nc6ccc7c(c6)c6c(c(=O)n7C)OCC(F)(F)[C@H](C7=CC7)N6)n5)C[C@H]4F)CC3)c(F)c21. The number of amides is 2. The Morgan fingerprint density at radius 3 is 2.56 bits per heavy atom. The lowest BCUT2D eigenvalue weighted by atomic mass is 9.92. The number of allylic oxidation sites excluding steroid dienone is 1. The van der Waals surface area contributed by atoms with Gasteiger partial charge in [0.1, 0.15) is 22.8 Å². The van der Waals surface area contributed by atoms with E-state index in [2.05, 4.69) is 35.9 Å². The standard InChI is InChI=1S/C43H44ClF4N11O4/c1-55-30-8-5-24(17-27(30)35-37(41(55)62)63-21-43(47,48)38(52-35)22-3-4-22)50-39-28(44)18-49-42(53-39)59-12-11-23(29(45)20-59)19-57-13-15-58(16-14-57)31-9-6-25-34(54-56(2)36(25)33(31)46)26-7-10-32(60)51-40(26)61/h3,5-6,8-9,17-18,23,26,29,38,52H,4,7,10-16,19-21H2,1-2H3,(H,49,50,53)(H,51,60,61)/t23-,26?,29-,38+/m1/s1. The Labute approximate surface area is 363 Å². The van der Waals surface area contributed by atoms with Gasteiger partial charge in [-0.05, 0) is 55.2 Å². The molecule has 5 aromatic rings. The second-order valence-electron chi connectivity index (χ2n) is 17.0. The van der Waals surface area contributed by atoms with Crippen LogP contribution in [-0.2, 0) is 23.7 Å². The summed E-state index contributed by atoms with van der Waals surface area (Å²) in [7, 11) is 3.20. The van der Waals surface area contributed by atoms with E-state index < -0.39 is 47.9 Å². The van der Waals surface area contributed by atoms with E-state index in [1.165, 1.54) is 15.4 Å². The number of aromatic nitrogens is 5. The number of alkyl halides is 3. The van der Waals surface area contributed by atoms with Crippen molar-refractivity contribution in [3.8, 4) is 5.75 Å². The molecular formula is C43H44ClF4N11O4. The summed E-state index contributed by atoms with van der Waals surface area (Å²) in [5.74, 6) is -4.89. The summed E-state index contributed by atoms with van der Waals surface area (Å²) >= 11 is 6.56. The molecule has 4 atom stereocenters. The van der Waals surface area contributed by atoms with Crippen LogP contribution in [0.25, 0.3) is 21.8 Å². The molecular weight excluding hydrogens is 846 g/mol. The van der Waals surface area contributed by atoms with Gasteiger partial charge in [0.2, 0.25) is 23.5 Å². The van der Waals surface area contributed by atoms with Crippen molar-refractivity contribution >= 4 is 74.0 Å². The molecule has 10 rings (SSSR count). The number of anilines is 5. The van der Waals surface area contributed by atoms with Gasteiger partial charge in [0.15, 0.2) is 18.2 Å². The molecule has 330 valence electrons. The molecule has 0 bridgehead atoms. The molecule has 3 fully saturated rings. The lowest BCUT2D eigenvalue weighted by Gasteiger charge is -2.40. The number of pyridine rings is 1. The minimum absolute atomic E-state index is 0.0759. The minimum Gasteiger partial charge on any atom is -0.480 e. The van der Waals surface area contributed by atoms with Crippen LogP contribution in [0.3, 0.4) is 0 Å². The highest BCUT2D eigenvalue weighted by Gasteiger charge is 2.48. The normalized spacial score (nSPS) is 23.8. The first-order valence-corrected chi connectivity index (χ1v) is 21.4. The van der Waals surface area contributed by atoms with E-state index in [4.69, 9.17) is 16.3 Å². The number of aryl methyl sites for hydroxylation is 2. The summed E-state index contributed by atoms with van der Waals surface area (Å²) in [5, 5.41) is 14.2. The third-order valence-electron chi connectivity index (χ3n) is 13.0. The van der Waals surface area contributed by atoms with Crippen molar-refractivity contribution in [2.45, 2.75) is 49.7 Å². The molecule has 0 spiro atoms. The number of hydrogen-bond acceptors (Lipinski definition) is 12. The van der Waals surface area contributed by atoms with Gasteiger partial charge in [0.25, 0.3) is 5.56 Å². The third-order valence-corrected chi connectivity index (χ3v) is 13.2. The molecule has 15 nitrogen and oxygen atoms in total. The van der Waals surface area contributed by atoms with E-state index in [1.807, 2.05) is 4.90 Å². The first kappa shape index (κ1) is 41.1. The Kier molecular flexibility index (Phi) is 10.2. The predicted octanol–water partition coefficient (Wildman–Crippen LogP) is 5.40. The number of piperidine rings is 2. The second kappa shape index (κ2) is 15.7. The fourth-order valence-corrected chi connectivity index (χ4v) is 9.55. The van der Waals surface area contributed by atoms with Gasteiger partial charge in [-0.15, -0.1) is 0 Å². The van der Waals surface area contributed by atoms with E-state index in [0.717, 1.165) is 0 Å². The number of halogens is 5. The second-order valence-corrected chi connectivity index (χ2v) is 17.4. The van der Waals surface area contributed by atoms with Gasteiger partial charge in [-0.3, -0.25) is 29.3 Å². The van der Waals surface area contributed by atoms with Crippen molar-refractivity contribution < 1.29 is 31.9 Å². The van der Waals surface area contributed by atoms with Gasteiger partial charge < -0.3 is 29.7 Å². The quantitative estimate of drug-likeness (QED) is 0.104. The van der Waals surface area contributed by atoms with Crippen LogP contribution in [0.1, 0.15) is 37.3 Å². The summed E-state index contributed by atoms with van der Waals surface area (Å²) in [6, 6.07) is 7.34. The number of nitrogens with one attached hydrogen (secondary N) is 3. The summed E-state index contributed by atoms with van der Waals surface area (Å²) in [4.78, 5) is 52.6. The number of nitrogens with zero attached hydrogens (tertiary/aromatic N) is 8. The van der Waals surface area contributed by atoms with E-state index in [-0.39, 0.29) is 47.1 Å². The summed E-state index contributed by atoms with van der Waals surface area (Å²) < 4.78 is 70.6. The van der Waals surface area contributed by atoms with Crippen molar-refractivity contribution in [3.63, 3.8) is 0 Å². The van der Waals surface area contributed by atoms with Gasteiger partial charge in [-0.2, -0.15) is 10.1 Å². The molecule has 3 saturated heterocycles. The zero-order chi connectivity index (χ0) is 43.9. The molecule has 2 amide bonds. The number of carbonyl (C=O) groups is 2. The topological polar surface area (TPSA) is 155 Å². The molecule has 7 heterocycles. The van der Waals surface area contributed by atoms with Crippen LogP contribution in [0.2, 0.25) is 5.02 Å². The van der Waals surface area contributed by atoms with E-state index >= 15 is 17.6 Å². The molecule has 63 heavy (non-hydrogen) atoms. The lowest BCUT2D eigenvalue weighted by Crippen LogP contribution is -2.51. The van der Waals surface area contributed by atoms with Crippen molar-refractivity contribution in [2.24, 2.45) is 20.0 Å². The molecule has 5 aliphatic rings. The zero-order valence-electron chi connectivity index (χ0n) is 34.4. The van der Waals surface area contributed by atoms with Crippen LogP contribution in [0.4, 0.5) is 46.4 Å². The van der Waals surface area contributed by atoms with Crippen LogP contribution in [0, 0.1) is 11.7 Å². The van der Waals surface area contributed by atoms with Crippen molar-refractivity contribution in [2.75, 3.05) is 72.9 Å². The highest BCUT2D eigenvalue weighted by molar-refractivity contribution is 6.33. The average Bonchev–Trinajstić information content (AvgIpc) is 4.06. The van der Waals surface area contributed by atoms with E-state index in [0.29, 0.717) is 109 Å². The molecule has 4 aliphatic heterocycles. The number of piperazine rings is 1. The summed E-state index contributed by atoms with van der Waals surface area (Å²) in [6.07, 6.45) is 3.53. The minimum atomic E-state index is -3.24. The molecule has 1 unspecified atom stereocenters. The lowest BCUT2D eigenvalue weighted by molar-refractivity contribution is -0.134. The monoisotopic (exact) mass is 889 g/mol. The predicted molar refractivity (Wildman–Crippen MR) is 230 cm³/mol. The highest BCUT2D eigenvalue weighted by Crippen LogP contribution is 2.43. The number of fused-ring (bicyclic) bond motifs is 4. The number of carbonyl (C=O) groups excluding carboxylic acids is 2. The highest BCUT2D eigenvalue weighted by atomic mass is 35.5. The molecule has 20 heteroatoms. The molecule has 0 radical (unpaired) electrons. The smallest absolute Gasteiger partial charge is 0.304 e. The Hall–Kier alpha value is -5.95. The van der Waals surface area contributed by atoms with Gasteiger partial charge in [0.05, 0.1) is 41.2 Å². The number of benzene rings is 2. The van der Waals surface area contributed by atoms with Crippen molar-refractivity contribution in [1.29, 1.82) is 0 Å². The first-order valence-electron chi connectivity index (χ1n) is 21.0. The maximum Gasteiger partial charge on any atom is 0.304 e. The first-order chi connectivity index (χ1) is 30.2. The Morgan fingerprint density at radius 2 is 1.81 bits per heavy atom. The molecule has 0 saturated carbocycles. The van der Waals surface area contributed by atoms with Crippen LogP contribution in [0.15, 0.2) is 53.0 Å². The van der Waals surface area contributed by atoms with Crippen molar-refractivity contribution in [3.05, 3.63) is 75.1 Å². The van der Waals surface area contributed by atoms with E-state index in [9.17, 15) is 14.4 Å². The fraction of sp³-hybridized carbons (Fsp3) is 0.442. The van der Waals surface area contributed by atoms with Crippen molar-refractivity contribution in [1.82, 2.24) is 34.5 Å². The van der Waals surface area contributed by atoms with Crippen LogP contribution in [-0.4, -0.2) is 112 Å². The van der Waals surface area contributed by atoms with Gasteiger partial charge in [-0.25, -0.2) is 22.5 Å².